The minimum Gasteiger partial charge on any atom is -0.460 e. The lowest BCUT2D eigenvalue weighted by Crippen LogP contribution is -2.31. The number of ether oxygens (including phenoxy) is 1. The highest BCUT2D eigenvalue weighted by molar-refractivity contribution is 5.93. The normalized spacial score (nSPS) is 10.6. The molecule has 1 amide bonds. The number of nitrogens with zero attached hydrogens (tertiary/aromatic N) is 2. The Morgan fingerprint density at radius 1 is 1.47 bits per heavy atom. The number of rotatable bonds is 5. The van der Waals surface area contributed by atoms with E-state index in [1.165, 1.54) is 4.68 Å². The SMILES string of the molecule is Cc1nn(C)c(C(=O)OCCC(=O)NC(C)C)c1N. The van der Waals surface area contributed by atoms with E-state index >= 15 is 0 Å². The fourth-order valence-electron chi connectivity index (χ4n) is 1.62. The molecule has 0 spiro atoms. The molecule has 106 valence electrons. The van der Waals surface area contributed by atoms with Crippen LogP contribution in [0.1, 0.15) is 36.5 Å². The first-order chi connectivity index (χ1) is 8.82. The Balaban J connectivity index is 2.50. The zero-order valence-electron chi connectivity index (χ0n) is 11.7. The first-order valence-electron chi connectivity index (χ1n) is 6.08. The van der Waals surface area contributed by atoms with Crippen LogP contribution in [0.25, 0.3) is 0 Å². The number of nitrogen functional groups attached to an aromatic ring is 1. The molecule has 1 aromatic heterocycles. The number of aryl methyl sites for hydroxylation is 2. The maximum absolute atomic E-state index is 11.8. The number of aromatic nitrogens is 2. The summed E-state index contributed by atoms with van der Waals surface area (Å²) in [7, 11) is 1.62. The molecule has 7 heteroatoms. The number of esters is 1. The molecule has 0 radical (unpaired) electrons. The van der Waals surface area contributed by atoms with Gasteiger partial charge in [-0.15, -0.1) is 0 Å². The van der Waals surface area contributed by atoms with Crippen molar-refractivity contribution >= 4 is 17.6 Å². The monoisotopic (exact) mass is 268 g/mol. The van der Waals surface area contributed by atoms with Crippen LogP contribution in [-0.4, -0.2) is 34.3 Å². The van der Waals surface area contributed by atoms with Gasteiger partial charge in [0, 0.05) is 13.1 Å². The van der Waals surface area contributed by atoms with Gasteiger partial charge in [0.05, 0.1) is 17.8 Å². The number of nitrogens with two attached hydrogens (primary N) is 1. The Kier molecular flexibility index (Phi) is 4.91. The molecule has 19 heavy (non-hydrogen) atoms. The van der Waals surface area contributed by atoms with Crippen LogP contribution in [0, 0.1) is 6.92 Å². The van der Waals surface area contributed by atoms with Gasteiger partial charge < -0.3 is 15.8 Å². The summed E-state index contributed by atoms with van der Waals surface area (Å²) in [5, 5.41) is 6.74. The molecule has 0 unspecified atom stereocenters. The molecule has 0 saturated carbocycles. The second kappa shape index (κ2) is 6.21. The maximum Gasteiger partial charge on any atom is 0.358 e. The average Bonchev–Trinajstić information content (AvgIpc) is 2.51. The smallest absolute Gasteiger partial charge is 0.358 e. The highest BCUT2D eigenvalue weighted by Gasteiger charge is 2.19. The standard InChI is InChI=1S/C12H20N4O3/c1-7(2)14-9(17)5-6-19-12(18)11-10(13)8(3)15-16(11)4/h7H,5-6,13H2,1-4H3,(H,14,17). The summed E-state index contributed by atoms with van der Waals surface area (Å²) < 4.78 is 6.39. The second-order valence-electron chi connectivity index (χ2n) is 4.58. The van der Waals surface area contributed by atoms with E-state index in [1.807, 2.05) is 13.8 Å². The van der Waals surface area contributed by atoms with Gasteiger partial charge >= 0.3 is 5.97 Å². The highest BCUT2D eigenvalue weighted by Crippen LogP contribution is 2.16. The Bertz CT molecular complexity index is 480. The summed E-state index contributed by atoms with van der Waals surface area (Å²) in [6.07, 6.45) is 0.126. The van der Waals surface area contributed by atoms with Gasteiger partial charge in [-0.2, -0.15) is 5.10 Å². The predicted molar refractivity (Wildman–Crippen MR) is 70.5 cm³/mol. The van der Waals surface area contributed by atoms with Gasteiger partial charge in [-0.05, 0) is 20.8 Å². The summed E-state index contributed by atoms with van der Waals surface area (Å²) in [6, 6.07) is 0.0681. The van der Waals surface area contributed by atoms with Crippen molar-refractivity contribution in [2.24, 2.45) is 7.05 Å². The van der Waals surface area contributed by atoms with Crippen molar-refractivity contribution in [2.75, 3.05) is 12.3 Å². The van der Waals surface area contributed by atoms with E-state index in [1.54, 1.807) is 14.0 Å². The van der Waals surface area contributed by atoms with Gasteiger partial charge in [0.2, 0.25) is 5.91 Å². The topological polar surface area (TPSA) is 99.2 Å². The van der Waals surface area contributed by atoms with Gasteiger partial charge in [-0.3, -0.25) is 9.48 Å². The maximum atomic E-state index is 11.8. The minimum atomic E-state index is -0.571. The van der Waals surface area contributed by atoms with Gasteiger partial charge in [-0.25, -0.2) is 4.79 Å². The number of hydrogen-bond donors (Lipinski definition) is 2. The van der Waals surface area contributed by atoms with Gasteiger partial charge in [0.15, 0.2) is 5.69 Å². The Morgan fingerprint density at radius 2 is 2.11 bits per heavy atom. The van der Waals surface area contributed by atoms with Crippen LogP contribution < -0.4 is 11.1 Å². The average molecular weight is 268 g/mol. The lowest BCUT2D eigenvalue weighted by atomic mass is 10.3. The number of carbonyl (C=O) groups is 2. The molecule has 1 rings (SSSR count). The van der Waals surface area contributed by atoms with E-state index in [0.717, 1.165) is 0 Å². The van der Waals surface area contributed by atoms with Crippen molar-refractivity contribution in [1.29, 1.82) is 0 Å². The first-order valence-corrected chi connectivity index (χ1v) is 6.08. The molecule has 0 saturated heterocycles. The van der Waals surface area contributed by atoms with Gasteiger partial charge in [-0.1, -0.05) is 0 Å². The molecule has 0 bridgehead atoms. The van der Waals surface area contributed by atoms with E-state index in [2.05, 4.69) is 10.4 Å². The van der Waals surface area contributed by atoms with Crippen molar-refractivity contribution in [2.45, 2.75) is 33.2 Å². The Morgan fingerprint density at radius 3 is 2.58 bits per heavy atom. The summed E-state index contributed by atoms with van der Waals surface area (Å²) in [4.78, 5) is 23.2. The summed E-state index contributed by atoms with van der Waals surface area (Å²) >= 11 is 0. The molecule has 1 aromatic rings. The van der Waals surface area contributed by atoms with Crippen molar-refractivity contribution in [1.82, 2.24) is 15.1 Å². The van der Waals surface area contributed by atoms with Crippen molar-refractivity contribution in [3.63, 3.8) is 0 Å². The molecule has 3 N–H and O–H groups in total. The molecule has 1 heterocycles. The van der Waals surface area contributed by atoms with Gasteiger partial charge in [0.25, 0.3) is 0 Å². The number of hydrogen-bond acceptors (Lipinski definition) is 5. The van der Waals surface area contributed by atoms with Crippen LogP contribution >= 0.6 is 0 Å². The Hall–Kier alpha value is -2.05. The quantitative estimate of drug-likeness (QED) is 0.752. The fraction of sp³-hybridized carbons (Fsp3) is 0.583. The van der Waals surface area contributed by atoms with Crippen molar-refractivity contribution in [3.8, 4) is 0 Å². The second-order valence-corrected chi connectivity index (χ2v) is 4.58. The van der Waals surface area contributed by atoms with Crippen LogP contribution in [-0.2, 0) is 16.6 Å². The highest BCUT2D eigenvalue weighted by atomic mass is 16.5. The molecular weight excluding hydrogens is 248 g/mol. The van der Waals surface area contributed by atoms with Crippen molar-refractivity contribution in [3.05, 3.63) is 11.4 Å². The first kappa shape index (κ1) is 15.0. The molecular formula is C12H20N4O3. The zero-order valence-corrected chi connectivity index (χ0v) is 11.7. The Labute approximate surface area is 112 Å². The number of anilines is 1. The van der Waals surface area contributed by atoms with Crippen LogP contribution in [0.15, 0.2) is 0 Å². The molecule has 0 aliphatic heterocycles. The van der Waals surface area contributed by atoms with E-state index < -0.39 is 5.97 Å². The third-order valence-electron chi connectivity index (χ3n) is 2.47. The molecule has 7 nitrogen and oxygen atoms in total. The summed E-state index contributed by atoms with van der Waals surface area (Å²) in [5.41, 5.74) is 6.83. The van der Waals surface area contributed by atoms with Crippen LogP contribution in [0.2, 0.25) is 0 Å². The molecule has 0 atom stereocenters. The van der Waals surface area contributed by atoms with E-state index in [0.29, 0.717) is 11.4 Å². The van der Waals surface area contributed by atoms with Crippen LogP contribution in [0.5, 0.6) is 0 Å². The third kappa shape index (κ3) is 3.97. The molecule has 0 aliphatic carbocycles. The predicted octanol–water partition coefficient (Wildman–Crippen LogP) is 0.382. The largest absolute Gasteiger partial charge is 0.460 e. The van der Waals surface area contributed by atoms with Crippen molar-refractivity contribution < 1.29 is 14.3 Å². The van der Waals surface area contributed by atoms with E-state index in [9.17, 15) is 9.59 Å². The number of carbonyl (C=O) groups excluding carboxylic acids is 2. The number of nitrogens with one attached hydrogen (secondary N) is 1. The molecule has 0 aliphatic rings. The van der Waals surface area contributed by atoms with E-state index in [-0.39, 0.29) is 30.7 Å². The molecule has 0 aromatic carbocycles. The minimum absolute atomic E-state index is 0.0149. The summed E-state index contributed by atoms with van der Waals surface area (Å²) in [6.45, 7) is 5.45. The van der Waals surface area contributed by atoms with Crippen LogP contribution in [0.4, 0.5) is 5.69 Å². The van der Waals surface area contributed by atoms with E-state index in [4.69, 9.17) is 10.5 Å². The lowest BCUT2D eigenvalue weighted by molar-refractivity contribution is -0.122. The lowest BCUT2D eigenvalue weighted by Gasteiger charge is -2.09. The van der Waals surface area contributed by atoms with Crippen LogP contribution in [0.3, 0.4) is 0 Å². The zero-order chi connectivity index (χ0) is 14.6. The fourth-order valence-corrected chi connectivity index (χ4v) is 1.62. The summed E-state index contributed by atoms with van der Waals surface area (Å²) in [5.74, 6) is -0.727. The van der Waals surface area contributed by atoms with Gasteiger partial charge in [0.1, 0.15) is 6.61 Å². The molecule has 0 fully saturated rings. The number of amides is 1. The third-order valence-corrected chi connectivity index (χ3v) is 2.47.